The summed E-state index contributed by atoms with van der Waals surface area (Å²) >= 11 is 0. The Morgan fingerprint density at radius 2 is 1.65 bits per heavy atom. The summed E-state index contributed by atoms with van der Waals surface area (Å²) in [6, 6.07) is 0.154. The molecular weight excluding hydrogens is 266 g/mol. The fraction of sp³-hybridized carbons (Fsp3) is 0.812. The Labute approximate surface area is 125 Å². The van der Waals surface area contributed by atoms with E-state index in [0.717, 1.165) is 6.42 Å². The van der Waals surface area contributed by atoms with Crippen LogP contribution in [0.25, 0.3) is 0 Å². The first-order valence-electron chi connectivity index (χ1n) is 7.86. The normalized spacial score (nSPS) is 23.8. The lowest BCUT2D eigenvalue weighted by atomic mass is 9.99. The Kier molecular flexibility index (Phi) is 6.01. The molecule has 1 amide bonds. The Balaban J connectivity index is 2.91. The van der Waals surface area contributed by atoms with Crippen molar-refractivity contribution in [3.05, 3.63) is 12.2 Å². The molecule has 0 aliphatic carbocycles. The van der Waals surface area contributed by atoms with E-state index >= 15 is 0 Å². The van der Waals surface area contributed by atoms with E-state index in [9.17, 15) is 4.79 Å². The zero-order chi connectivity index (χ0) is 15.5. The van der Waals surface area contributed by atoms with Crippen LogP contribution in [0.1, 0.15) is 54.9 Å². The summed E-state index contributed by atoms with van der Waals surface area (Å²) in [5.41, 5.74) is 1.54. The average Bonchev–Trinajstić information content (AvgIpc) is 2.33. The zero-order valence-corrected chi connectivity index (χ0v) is 15.1. The SMILES string of the molecule is C/C=C\C[C@@H]1NC(=O)[C@@H]1O[Si](C(C)C)(C(C)C)C(C)C. The highest BCUT2D eigenvalue weighted by atomic mass is 28.4. The number of hydrogen-bond donors (Lipinski definition) is 1. The van der Waals surface area contributed by atoms with Crippen LogP contribution in [0.3, 0.4) is 0 Å². The lowest BCUT2D eigenvalue weighted by Crippen LogP contribution is -2.67. The first-order valence-corrected chi connectivity index (χ1v) is 10.0. The van der Waals surface area contributed by atoms with Crippen molar-refractivity contribution in [2.45, 2.75) is 83.7 Å². The van der Waals surface area contributed by atoms with Crippen LogP contribution in [-0.4, -0.2) is 26.4 Å². The maximum absolute atomic E-state index is 11.9. The number of carbonyl (C=O) groups is 1. The molecule has 1 N–H and O–H groups in total. The van der Waals surface area contributed by atoms with E-state index in [0.29, 0.717) is 16.6 Å². The standard InChI is InChI=1S/C16H31NO2Si/c1-8-9-10-14-15(16(18)17-14)19-20(11(2)3,12(4)5)13(6)7/h8-9,11-15H,10H2,1-7H3,(H,17,18)/b9-8-/t14-,15+/m0/s1. The summed E-state index contributed by atoms with van der Waals surface area (Å²) in [7, 11) is -1.97. The summed E-state index contributed by atoms with van der Waals surface area (Å²) in [6.45, 7) is 15.5. The van der Waals surface area contributed by atoms with Gasteiger partial charge in [-0.3, -0.25) is 4.79 Å². The molecule has 0 aromatic carbocycles. The summed E-state index contributed by atoms with van der Waals surface area (Å²) < 4.78 is 6.57. The fourth-order valence-corrected chi connectivity index (χ4v) is 9.18. The Morgan fingerprint density at radius 3 is 2.00 bits per heavy atom. The third kappa shape index (κ3) is 3.17. The van der Waals surface area contributed by atoms with Gasteiger partial charge in [-0.1, -0.05) is 53.7 Å². The van der Waals surface area contributed by atoms with Gasteiger partial charge in [-0.15, -0.1) is 0 Å². The van der Waals surface area contributed by atoms with E-state index in [1.807, 2.05) is 13.0 Å². The second kappa shape index (κ2) is 6.90. The summed E-state index contributed by atoms with van der Waals surface area (Å²) in [5.74, 6) is 0.0679. The molecule has 1 saturated heterocycles. The number of allylic oxidation sites excluding steroid dienone is 1. The molecule has 1 fully saturated rings. The molecule has 0 spiro atoms. The lowest BCUT2D eigenvalue weighted by molar-refractivity contribution is -0.140. The van der Waals surface area contributed by atoms with Crippen molar-refractivity contribution < 1.29 is 9.22 Å². The molecule has 1 aliphatic heterocycles. The van der Waals surface area contributed by atoms with Gasteiger partial charge in [0.05, 0.1) is 6.04 Å². The van der Waals surface area contributed by atoms with E-state index in [2.05, 4.69) is 52.9 Å². The van der Waals surface area contributed by atoms with Crippen LogP contribution >= 0.6 is 0 Å². The van der Waals surface area contributed by atoms with Crippen molar-refractivity contribution in [3.63, 3.8) is 0 Å². The minimum atomic E-state index is -1.97. The van der Waals surface area contributed by atoms with Crippen LogP contribution in [0.5, 0.6) is 0 Å². The molecular formula is C16H31NO2Si. The van der Waals surface area contributed by atoms with Crippen LogP contribution in [0.4, 0.5) is 0 Å². The van der Waals surface area contributed by atoms with Gasteiger partial charge in [-0.25, -0.2) is 0 Å². The van der Waals surface area contributed by atoms with Crippen LogP contribution in [-0.2, 0) is 9.22 Å². The minimum absolute atomic E-state index is 0.0679. The Morgan fingerprint density at radius 1 is 1.15 bits per heavy atom. The molecule has 0 saturated carbocycles. The van der Waals surface area contributed by atoms with Gasteiger partial charge >= 0.3 is 0 Å². The van der Waals surface area contributed by atoms with E-state index in [-0.39, 0.29) is 18.1 Å². The Bertz CT molecular complexity index is 342. The minimum Gasteiger partial charge on any atom is -0.402 e. The number of amides is 1. The van der Waals surface area contributed by atoms with Crippen LogP contribution in [0, 0.1) is 0 Å². The number of β-lactam (4-membered cyclic amide) rings is 1. The summed E-state index contributed by atoms with van der Waals surface area (Å²) in [6.07, 6.45) is 4.75. The van der Waals surface area contributed by atoms with Crippen molar-refractivity contribution in [1.82, 2.24) is 5.32 Å². The molecule has 20 heavy (non-hydrogen) atoms. The van der Waals surface area contributed by atoms with Crippen LogP contribution < -0.4 is 5.32 Å². The maximum atomic E-state index is 11.9. The molecule has 0 aromatic rings. The molecule has 2 atom stereocenters. The molecule has 1 rings (SSSR count). The van der Waals surface area contributed by atoms with Gasteiger partial charge in [0.25, 0.3) is 0 Å². The van der Waals surface area contributed by atoms with E-state index in [1.165, 1.54) is 0 Å². The lowest BCUT2D eigenvalue weighted by Gasteiger charge is -2.48. The highest BCUT2D eigenvalue weighted by Crippen LogP contribution is 2.44. The maximum Gasteiger partial charge on any atom is 0.250 e. The van der Waals surface area contributed by atoms with E-state index < -0.39 is 8.32 Å². The topological polar surface area (TPSA) is 38.3 Å². The smallest absolute Gasteiger partial charge is 0.250 e. The largest absolute Gasteiger partial charge is 0.402 e. The third-order valence-electron chi connectivity index (χ3n) is 4.62. The van der Waals surface area contributed by atoms with E-state index in [4.69, 9.17) is 4.43 Å². The number of carbonyl (C=O) groups excluding carboxylic acids is 1. The Hall–Kier alpha value is -0.613. The molecule has 0 unspecified atom stereocenters. The molecule has 4 heteroatoms. The van der Waals surface area contributed by atoms with Gasteiger partial charge in [0.1, 0.15) is 6.10 Å². The quantitative estimate of drug-likeness (QED) is 0.438. The number of hydrogen-bond acceptors (Lipinski definition) is 2. The van der Waals surface area contributed by atoms with Crippen molar-refractivity contribution in [3.8, 4) is 0 Å². The molecule has 3 nitrogen and oxygen atoms in total. The van der Waals surface area contributed by atoms with Gasteiger partial charge < -0.3 is 9.74 Å². The predicted octanol–water partition coefficient (Wildman–Crippen LogP) is 4.01. The molecule has 0 radical (unpaired) electrons. The third-order valence-corrected chi connectivity index (χ3v) is 10.7. The molecule has 0 aromatic heterocycles. The van der Waals surface area contributed by atoms with Crippen molar-refractivity contribution in [2.24, 2.45) is 0 Å². The second-order valence-corrected chi connectivity index (χ2v) is 12.2. The van der Waals surface area contributed by atoms with Gasteiger partial charge in [0.2, 0.25) is 14.2 Å². The highest BCUT2D eigenvalue weighted by Gasteiger charge is 2.51. The van der Waals surface area contributed by atoms with Gasteiger partial charge in [-0.05, 0) is 30.0 Å². The summed E-state index contributed by atoms with van der Waals surface area (Å²) in [4.78, 5) is 11.9. The molecule has 116 valence electrons. The fourth-order valence-electron chi connectivity index (χ4n) is 3.66. The van der Waals surface area contributed by atoms with Gasteiger partial charge in [0.15, 0.2) is 0 Å². The van der Waals surface area contributed by atoms with E-state index in [1.54, 1.807) is 0 Å². The van der Waals surface area contributed by atoms with Gasteiger partial charge in [-0.2, -0.15) is 0 Å². The molecule has 1 aliphatic rings. The van der Waals surface area contributed by atoms with Crippen LogP contribution in [0.15, 0.2) is 12.2 Å². The average molecular weight is 298 g/mol. The molecule has 1 heterocycles. The second-order valence-electron chi connectivity index (χ2n) is 6.78. The van der Waals surface area contributed by atoms with Crippen molar-refractivity contribution in [1.29, 1.82) is 0 Å². The van der Waals surface area contributed by atoms with Gasteiger partial charge in [0, 0.05) is 0 Å². The first kappa shape index (κ1) is 17.4. The predicted molar refractivity (Wildman–Crippen MR) is 87.3 cm³/mol. The van der Waals surface area contributed by atoms with Crippen molar-refractivity contribution >= 4 is 14.2 Å². The van der Waals surface area contributed by atoms with Crippen molar-refractivity contribution in [2.75, 3.05) is 0 Å². The molecule has 0 bridgehead atoms. The highest BCUT2D eigenvalue weighted by molar-refractivity contribution is 6.77. The number of nitrogens with one attached hydrogen (secondary N) is 1. The monoisotopic (exact) mass is 297 g/mol. The van der Waals surface area contributed by atoms with Crippen LogP contribution in [0.2, 0.25) is 16.6 Å². The summed E-state index contributed by atoms with van der Waals surface area (Å²) in [5, 5.41) is 2.97. The zero-order valence-electron chi connectivity index (χ0n) is 14.1. The number of rotatable bonds is 7. The first-order chi connectivity index (χ1) is 9.27.